The van der Waals surface area contributed by atoms with E-state index < -0.39 is 11.7 Å². The monoisotopic (exact) mass is 429 g/mol. The summed E-state index contributed by atoms with van der Waals surface area (Å²) in [5.74, 6) is -0.846. The zero-order valence-corrected chi connectivity index (χ0v) is 16.5. The van der Waals surface area contributed by atoms with Gasteiger partial charge >= 0.3 is 0 Å². The molecule has 4 aromatic rings. The molecule has 4 rings (SSSR count). The highest BCUT2D eigenvalue weighted by Crippen LogP contribution is 2.34. The quantitative estimate of drug-likeness (QED) is 0.521. The van der Waals surface area contributed by atoms with Crippen molar-refractivity contribution in [2.45, 2.75) is 10.1 Å². The predicted molar refractivity (Wildman–Crippen MR) is 106 cm³/mol. The van der Waals surface area contributed by atoms with Crippen LogP contribution in [0.3, 0.4) is 0 Å². The van der Waals surface area contributed by atoms with Crippen molar-refractivity contribution in [1.82, 2.24) is 30.0 Å². The van der Waals surface area contributed by atoms with Gasteiger partial charge in [-0.2, -0.15) is 5.10 Å². The fraction of sp³-hybridized carbons (Fsp3) is 0.0556. The Bertz CT molecular complexity index is 1190. The summed E-state index contributed by atoms with van der Waals surface area (Å²) in [5, 5.41) is 19.2. The van der Waals surface area contributed by atoms with Crippen molar-refractivity contribution in [2.24, 2.45) is 7.05 Å². The number of anilines is 1. The lowest BCUT2D eigenvalue weighted by molar-refractivity contribution is 0.102. The summed E-state index contributed by atoms with van der Waals surface area (Å²) in [7, 11) is 1.72. The van der Waals surface area contributed by atoms with E-state index in [1.54, 1.807) is 43.4 Å². The SMILES string of the molecule is Cn1nnnc1Sc1ccc(Cl)cc1NC(=O)c1cnn(-c2ccccc2F)c1. The third-order valence-corrected chi connectivity index (χ3v) is 5.26. The summed E-state index contributed by atoms with van der Waals surface area (Å²) < 4.78 is 16.8. The van der Waals surface area contributed by atoms with Gasteiger partial charge in [-0.1, -0.05) is 23.7 Å². The van der Waals surface area contributed by atoms with Crippen LogP contribution in [0.15, 0.2) is 64.9 Å². The van der Waals surface area contributed by atoms with E-state index in [0.717, 1.165) is 0 Å². The zero-order valence-electron chi connectivity index (χ0n) is 15.0. The number of aryl methyl sites for hydroxylation is 1. The van der Waals surface area contributed by atoms with Crippen LogP contribution >= 0.6 is 23.4 Å². The average Bonchev–Trinajstić information content (AvgIpc) is 3.34. The highest BCUT2D eigenvalue weighted by Gasteiger charge is 2.15. The van der Waals surface area contributed by atoms with Gasteiger partial charge in [0.25, 0.3) is 5.91 Å². The molecule has 2 aromatic carbocycles. The standard InChI is InChI=1S/C18H13ClFN7OS/c1-26-18(23-24-25-26)29-16-7-6-12(19)8-14(16)22-17(28)11-9-21-27(10-11)15-5-3-2-4-13(15)20/h2-10H,1H3,(H,22,28). The summed E-state index contributed by atoms with van der Waals surface area (Å²) >= 11 is 7.38. The van der Waals surface area contributed by atoms with Gasteiger partial charge in [-0.25, -0.2) is 13.8 Å². The van der Waals surface area contributed by atoms with E-state index in [1.807, 2.05) is 0 Å². The minimum atomic E-state index is -0.437. The van der Waals surface area contributed by atoms with Gasteiger partial charge in [0.1, 0.15) is 11.5 Å². The third-order valence-electron chi connectivity index (χ3n) is 3.92. The molecule has 8 nitrogen and oxygen atoms in total. The average molecular weight is 430 g/mol. The molecule has 0 fully saturated rings. The molecule has 0 spiro atoms. The van der Waals surface area contributed by atoms with E-state index in [9.17, 15) is 9.18 Å². The fourth-order valence-corrected chi connectivity index (χ4v) is 3.47. The number of tetrazole rings is 1. The number of carbonyl (C=O) groups excluding carboxylic acids is 1. The molecule has 0 aliphatic rings. The second kappa shape index (κ2) is 8.02. The number of halogens is 2. The lowest BCUT2D eigenvalue weighted by Crippen LogP contribution is -2.12. The molecule has 1 N–H and O–H groups in total. The molecule has 0 saturated heterocycles. The minimum Gasteiger partial charge on any atom is -0.321 e. The van der Waals surface area contributed by atoms with Gasteiger partial charge in [-0.3, -0.25) is 4.79 Å². The second-order valence-corrected chi connectivity index (χ2v) is 7.35. The van der Waals surface area contributed by atoms with Crippen LogP contribution in [-0.2, 0) is 7.05 Å². The Kier molecular flexibility index (Phi) is 5.28. The summed E-state index contributed by atoms with van der Waals surface area (Å²) in [6.07, 6.45) is 2.82. The first-order chi connectivity index (χ1) is 14.0. The minimum absolute atomic E-state index is 0.250. The number of amides is 1. The Morgan fingerprint density at radius 3 is 2.83 bits per heavy atom. The van der Waals surface area contributed by atoms with E-state index >= 15 is 0 Å². The Hall–Kier alpha value is -3.24. The van der Waals surface area contributed by atoms with E-state index in [0.29, 0.717) is 20.8 Å². The fourth-order valence-electron chi connectivity index (χ4n) is 2.50. The van der Waals surface area contributed by atoms with Crippen molar-refractivity contribution < 1.29 is 9.18 Å². The van der Waals surface area contributed by atoms with Gasteiger partial charge in [0.05, 0.1) is 17.4 Å². The van der Waals surface area contributed by atoms with Crippen LogP contribution in [0.25, 0.3) is 5.69 Å². The van der Waals surface area contributed by atoms with Crippen molar-refractivity contribution in [3.63, 3.8) is 0 Å². The van der Waals surface area contributed by atoms with Crippen LogP contribution in [-0.4, -0.2) is 35.9 Å². The highest BCUT2D eigenvalue weighted by molar-refractivity contribution is 7.99. The van der Waals surface area contributed by atoms with Crippen molar-refractivity contribution in [1.29, 1.82) is 0 Å². The van der Waals surface area contributed by atoms with Crippen molar-refractivity contribution in [3.8, 4) is 5.69 Å². The van der Waals surface area contributed by atoms with Gasteiger partial charge in [0.15, 0.2) is 0 Å². The molecule has 146 valence electrons. The molecule has 0 radical (unpaired) electrons. The largest absolute Gasteiger partial charge is 0.321 e. The molecular weight excluding hydrogens is 417 g/mol. The number of para-hydroxylation sites is 1. The first-order valence-electron chi connectivity index (χ1n) is 8.32. The number of benzene rings is 2. The smallest absolute Gasteiger partial charge is 0.258 e. The number of nitrogens with zero attached hydrogens (tertiary/aromatic N) is 6. The molecule has 0 atom stereocenters. The Morgan fingerprint density at radius 1 is 1.24 bits per heavy atom. The van der Waals surface area contributed by atoms with Crippen LogP contribution in [0.2, 0.25) is 5.02 Å². The van der Waals surface area contributed by atoms with Crippen molar-refractivity contribution in [3.05, 3.63) is 71.3 Å². The van der Waals surface area contributed by atoms with Crippen LogP contribution in [0, 0.1) is 5.82 Å². The van der Waals surface area contributed by atoms with E-state index in [-0.39, 0.29) is 11.3 Å². The van der Waals surface area contributed by atoms with Gasteiger partial charge < -0.3 is 5.32 Å². The molecule has 11 heteroatoms. The summed E-state index contributed by atoms with van der Waals surface area (Å²) in [4.78, 5) is 13.4. The van der Waals surface area contributed by atoms with Gasteiger partial charge in [0.2, 0.25) is 5.16 Å². The van der Waals surface area contributed by atoms with Crippen LogP contribution < -0.4 is 5.32 Å². The maximum Gasteiger partial charge on any atom is 0.258 e. The van der Waals surface area contributed by atoms with E-state index in [1.165, 1.54) is 39.6 Å². The Labute approximate surface area is 173 Å². The van der Waals surface area contributed by atoms with Crippen LogP contribution in [0.1, 0.15) is 10.4 Å². The van der Waals surface area contributed by atoms with Crippen molar-refractivity contribution >= 4 is 35.0 Å². The lowest BCUT2D eigenvalue weighted by atomic mass is 10.2. The molecule has 0 aliphatic carbocycles. The normalized spacial score (nSPS) is 10.9. The number of hydrogen-bond acceptors (Lipinski definition) is 6. The summed E-state index contributed by atoms with van der Waals surface area (Å²) in [6, 6.07) is 11.3. The second-order valence-electron chi connectivity index (χ2n) is 5.91. The number of carbonyl (C=O) groups is 1. The lowest BCUT2D eigenvalue weighted by Gasteiger charge is -2.10. The Morgan fingerprint density at radius 2 is 2.07 bits per heavy atom. The molecule has 0 aliphatic heterocycles. The maximum atomic E-state index is 13.9. The molecule has 29 heavy (non-hydrogen) atoms. The topological polar surface area (TPSA) is 90.5 Å². The molecule has 1 amide bonds. The third kappa shape index (κ3) is 4.13. The Balaban J connectivity index is 1.58. The van der Waals surface area contributed by atoms with Gasteiger partial charge in [-0.05, 0) is 52.5 Å². The first-order valence-corrected chi connectivity index (χ1v) is 9.51. The molecule has 0 unspecified atom stereocenters. The zero-order chi connectivity index (χ0) is 20.4. The highest BCUT2D eigenvalue weighted by atomic mass is 35.5. The number of hydrogen-bond donors (Lipinski definition) is 1. The molecular formula is C18H13ClFN7OS. The first kappa shape index (κ1) is 19.1. The summed E-state index contributed by atoms with van der Waals surface area (Å²) in [6.45, 7) is 0. The predicted octanol–water partition coefficient (Wildman–Crippen LogP) is 3.59. The van der Waals surface area contributed by atoms with Crippen molar-refractivity contribution in [2.75, 3.05) is 5.32 Å². The number of aromatic nitrogens is 6. The van der Waals surface area contributed by atoms with Crippen LogP contribution in [0.5, 0.6) is 0 Å². The summed E-state index contributed by atoms with van der Waals surface area (Å²) in [5.41, 5.74) is 1.01. The van der Waals surface area contributed by atoms with Crippen LogP contribution in [0.4, 0.5) is 10.1 Å². The van der Waals surface area contributed by atoms with Gasteiger partial charge in [0, 0.05) is 23.2 Å². The number of rotatable bonds is 5. The van der Waals surface area contributed by atoms with E-state index in [2.05, 4.69) is 25.9 Å². The molecule has 0 saturated carbocycles. The molecule has 0 bridgehead atoms. The molecule has 2 heterocycles. The van der Waals surface area contributed by atoms with Gasteiger partial charge in [-0.15, -0.1) is 5.10 Å². The molecule has 2 aromatic heterocycles. The maximum absolute atomic E-state index is 13.9. The van der Waals surface area contributed by atoms with E-state index in [4.69, 9.17) is 11.6 Å². The number of nitrogens with one attached hydrogen (secondary N) is 1.